The Morgan fingerprint density at radius 3 is 2.20 bits per heavy atom. The smallest absolute Gasteiger partial charge is 0.417 e. The number of nitrogens with zero attached hydrogens (tertiary/aromatic N) is 3. The fourth-order valence-corrected chi connectivity index (χ4v) is 4.75. The van der Waals surface area contributed by atoms with E-state index in [0.29, 0.717) is 16.7 Å². The second kappa shape index (κ2) is 13.3. The monoisotopic (exact) mass is 641 g/mol. The molecule has 1 heterocycles. The zero-order chi connectivity index (χ0) is 34.0. The lowest BCUT2D eigenvalue weighted by Crippen LogP contribution is -2.46. The van der Waals surface area contributed by atoms with Gasteiger partial charge in [0.05, 0.1) is 17.8 Å². The Bertz CT molecular complexity index is 1690. The average molecular weight is 642 g/mol. The van der Waals surface area contributed by atoms with E-state index in [0.717, 1.165) is 6.07 Å². The Balaban J connectivity index is 1.57. The molecule has 4 rings (SSSR count). The maximum Gasteiger partial charge on any atom is 0.417 e. The lowest BCUT2D eigenvalue weighted by Gasteiger charge is -2.32. The zero-order valence-corrected chi connectivity index (χ0v) is 27.3. The normalized spacial score (nSPS) is 13.2. The number of aromatic nitrogens is 2. The number of halogens is 4. The molecule has 0 aliphatic carbocycles. The van der Waals surface area contributed by atoms with Crippen molar-refractivity contribution >= 4 is 5.97 Å². The van der Waals surface area contributed by atoms with Gasteiger partial charge < -0.3 is 14.0 Å². The molecule has 0 saturated heterocycles. The van der Waals surface area contributed by atoms with Crippen molar-refractivity contribution in [2.75, 3.05) is 13.7 Å². The Morgan fingerprint density at radius 1 is 0.913 bits per heavy atom. The van der Waals surface area contributed by atoms with Gasteiger partial charge in [-0.1, -0.05) is 47.6 Å². The maximum absolute atomic E-state index is 15.4. The van der Waals surface area contributed by atoms with Gasteiger partial charge >= 0.3 is 12.1 Å². The van der Waals surface area contributed by atoms with Crippen molar-refractivity contribution in [3.8, 4) is 34.0 Å². The van der Waals surface area contributed by atoms with Gasteiger partial charge in [0.1, 0.15) is 17.5 Å². The molecule has 4 aromatic rings. The van der Waals surface area contributed by atoms with E-state index in [1.807, 2.05) is 20.8 Å². The third kappa shape index (κ3) is 8.79. The quantitative estimate of drug-likeness (QED) is 0.134. The van der Waals surface area contributed by atoms with Gasteiger partial charge in [0.2, 0.25) is 5.82 Å². The van der Waals surface area contributed by atoms with Crippen molar-refractivity contribution in [2.45, 2.75) is 78.4 Å². The summed E-state index contributed by atoms with van der Waals surface area (Å²) in [7, 11) is 1.68. The molecular formula is C35H39F4N3O4. The number of rotatable bonds is 9. The molecule has 0 aliphatic heterocycles. The van der Waals surface area contributed by atoms with Crippen molar-refractivity contribution in [1.29, 1.82) is 0 Å². The van der Waals surface area contributed by atoms with Gasteiger partial charge in [0, 0.05) is 23.2 Å². The Labute approximate surface area is 266 Å². The molecule has 46 heavy (non-hydrogen) atoms. The van der Waals surface area contributed by atoms with Crippen molar-refractivity contribution in [2.24, 2.45) is 0 Å². The molecule has 1 atom stereocenters. The van der Waals surface area contributed by atoms with E-state index in [9.17, 15) is 18.0 Å². The summed E-state index contributed by atoms with van der Waals surface area (Å²) in [6.07, 6.45) is -4.63. The summed E-state index contributed by atoms with van der Waals surface area (Å²) in [6, 6.07) is 14.2. The van der Waals surface area contributed by atoms with Crippen LogP contribution in [0.15, 0.2) is 65.2 Å². The fourth-order valence-electron chi connectivity index (χ4n) is 4.75. The molecule has 1 unspecified atom stereocenters. The number of benzene rings is 3. The Hall–Kier alpha value is -4.09. The molecule has 0 spiro atoms. The highest BCUT2D eigenvalue weighted by molar-refractivity contribution is 5.76. The zero-order valence-electron chi connectivity index (χ0n) is 27.3. The lowest BCUT2D eigenvalue weighted by molar-refractivity contribution is -0.165. The van der Waals surface area contributed by atoms with Gasteiger partial charge in [-0.25, -0.2) is 4.39 Å². The molecule has 0 amide bonds. The van der Waals surface area contributed by atoms with Gasteiger partial charge in [-0.3, -0.25) is 9.69 Å². The van der Waals surface area contributed by atoms with Crippen LogP contribution in [0.2, 0.25) is 0 Å². The predicted molar refractivity (Wildman–Crippen MR) is 167 cm³/mol. The van der Waals surface area contributed by atoms with Crippen molar-refractivity contribution in [3.63, 3.8) is 0 Å². The minimum absolute atomic E-state index is 0.00977. The lowest BCUT2D eigenvalue weighted by atomic mass is 9.94. The van der Waals surface area contributed by atoms with E-state index in [1.165, 1.54) is 24.3 Å². The maximum atomic E-state index is 15.4. The summed E-state index contributed by atoms with van der Waals surface area (Å²) in [5.74, 6) is -1.20. The highest BCUT2D eigenvalue weighted by atomic mass is 19.4. The summed E-state index contributed by atoms with van der Waals surface area (Å²) in [5.41, 5.74) is -0.212. The van der Waals surface area contributed by atoms with Gasteiger partial charge in [-0.05, 0) is 90.4 Å². The molecule has 1 aromatic heterocycles. The van der Waals surface area contributed by atoms with Gasteiger partial charge in [-0.15, -0.1) is 0 Å². The second-order valence-electron chi connectivity index (χ2n) is 13.2. The number of likely N-dealkylation sites (N-methyl/N-ethyl adjacent to an activating group) is 1. The number of carbonyl (C=O) groups excluding carboxylic acids is 1. The Kier molecular flexibility index (Phi) is 10.1. The fraction of sp³-hybridized carbons (Fsp3) is 0.400. The van der Waals surface area contributed by atoms with Crippen LogP contribution in [-0.4, -0.2) is 51.9 Å². The largest absolute Gasteiger partial charge is 0.459 e. The van der Waals surface area contributed by atoms with Gasteiger partial charge in [0.25, 0.3) is 5.89 Å². The van der Waals surface area contributed by atoms with Gasteiger partial charge in [-0.2, -0.15) is 18.2 Å². The standard InChI is InChI=1S/C35H39F4N3O4/c1-21-11-9-10-12-25(21)26-16-15-23(17-27(26)35(37,38)39)31-40-30(41-46-31)22-13-14-24(28(36)18-22)19-42(8)29(20-44-33(2,3)4)32(43)45-34(5,6)7/h9-18,29H,19-20H2,1-8H3. The van der Waals surface area contributed by atoms with Crippen LogP contribution in [-0.2, 0) is 27.0 Å². The average Bonchev–Trinajstić information content (AvgIpc) is 3.43. The molecular weight excluding hydrogens is 602 g/mol. The number of esters is 1. The number of ether oxygens (including phenoxy) is 2. The minimum Gasteiger partial charge on any atom is -0.459 e. The third-order valence-corrected chi connectivity index (χ3v) is 7.05. The SMILES string of the molecule is Cc1ccccc1-c1ccc(-c2nc(-c3ccc(CN(C)C(COC(C)(C)C)C(=O)OC(C)(C)C)c(F)c3)no2)cc1C(F)(F)F. The molecule has 0 saturated carbocycles. The first-order valence-corrected chi connectivity index (χ1v) is 14.8. The number of carbonyl (C=O) groups is 1. The van der Waals surface area contributed by atoms with Crippen LogP contribution in [0.1, 0.15) is 58.2 Å². The molecule has 0 fully saturated rings. The van der Waals surface area contributed by atoms with Crippen molar-refractivity contribution < 1.29 is 36.4 Å². The summed E-state index contributed by atoms with van der Waals surface area (Å²) in [4.78, 5) is 18.9. The first-order valence-electron chi connectivity index (χ1n) is 14.8. The van der Waals surface area contributed by atoms with Crippen LogP contribution >= 0.6 is 0 Å². The predicted octanol–water partition coefficient (Wildman–Crippen LogP) is 8.49. The molecule has 3 aromatic carbocycles. The van der Waals surface area contributed by atoms with Crippen LogP contribution < -0.4 is 0 Å². The summed E-state index contributed by atoms with van der Waals surface area (Å²) in [5, 5.41) is 3.89. The molecule has 11 heteroatoms. The van der Waals surface area contributed by atoms with E-state index in [1.54, 1.807) is 70.0 Å². The summed E-state index contributed by atoms with van der Waals surface area (Å²) >= 11 is 0. The number of alkyl halides is 3. The molecule has 246 valence electrons. The van der Waals surface area contributed by atoms with Crippen LogP contribution in [0, 0.1) is 12.7 Å². The Morgan fingerprint density at radius 2 is 1.59 bits per heavy atom. The number of aryl methyl sites for hydroxylation is 1. The van der Waals surface area contributed by atoms with Crippen LogP contribution in [0.5, 0.6) is 0 Å². The molecule has 0 N–H and O–H groups in total. The molecule has 0 bridgehead atoms. The summed E-state index contributed by atoms with van der Waals surface area (Å²) in [6.45, 7) is 12.8. The minimum atomic E-state index is -4.63. The second-order valence-corrected chi connectivity index (χ2v) is 13.2. The summed E-state index contributed by atoms with van der Waals surface area (Å²) < 4.78 is 74.5. The number of hydrogen-bond acceptors (Lipinski definition) is 7. The number of hydrogen-bond donors (Lipinski definition) is 0. The van der Waals surface area contributed by atoms with Crippen LogP contribution in [0.3, 0.4) is 0 Å². The van der Waals surface area contributed by atoms with Crippen molar-refractivity contribution in [1.82, 2.24) is 15.0 Å². The van der Waals surface area contributed by atoms with E-state index in [2.05, 4.69) is 10.1 Å². The highest BCUT2D eigenvalue weighted by Gasteiger charge is 2.35. The van der Waals surface area contributed by atoms with E-state index < -0.39 is 40.8 Å². The third-order valence-electron chi connectivity index (χ3n) is 7.05. The van der Waals surface area contributed by atoms with E-state index >= 15 is 4.39 Å². The van der Waals surface area contributed by atoms with Crippen LogP contribution in [0.4, 0.5) is 17.6 Å². The first kappa shape index (κ1) is 34.8. The molecule has 7 nitrogen and oxygen atoms in total. The van der Waals surface area contributed by atoms with E-state index in [-0.39, 0.29) is 41.6 Å². The van der Waals surface area contributed by atoms with Crippen molar-refractivity contribution in [3.05, 3.63) is 83.2 Å². The topological polar surface area (TPSA) is 77.7 Å². The van der Waals surface area contributed by atoms with Crippen LogP contribution in [0.25, 0.3) is 34.0 Å². The highest BCUT2D eigenvalue weighted by Crippen LogP contribution is 2.40. The van der Waals surface area contributed by atoms with E-state index in [4.69, 9.17) is 14.0 Å². The molecule has 0 aliphatic rings. The van der Waals surface area contributed by atoms with Gasteiger partial charge in [0.15, 0.2) is 0 Å². The first-order chi connectivity index (χ1) is 21.3. The molecule has 0 radical (unpaired) electrons.